The van der Waals surface area contributed by atoms with Gasteiger partial charge >= 0.3 is 0 Å². The number of nitriles is 1. The van der Waals surface area contributed by atoms with E-state index in [-0.39, 0.29) is 16.5 Å². The summed E-state index contributed by atoms with van der Waals surface area (Å²) in [4.78, 5) is 4.10. The van der Waals surface area contributed by atoms with Gasteiger partial charge < -0.3 is 4.74 Å². The van der Waals surface area contributed by atoms with E-state index in [2.05, 4.69) is 25.8 Å². The van der Waals surface area contributed by atoms with Gasteiger partial charge in [-0.25, -0.2) is 13.4 Å². The van der Waals surface area contributed by atoms with E-state index in [4.69, 9.17) is 10.00 Å². The number of pyridine rings is 1. The maximum absolute atomic E-state index is 13.4. The number of fused-ring (bicyclic) bond motifs is 5. The lowest BCUT2D eigenvalue weighted by atomic mass is 9.49. The highest BCUT2D eigenvalue weighted by Crippen LogP contribution is 2.65. The molecular weight excluding hydrogens is 482 g/mol. The smallest absolute Gasteiger partial charge is 0.260 e. The summed E-state index contributed by atoms with van der Waals surface area (Å²) >= 11 is 0. The molecule has 1 aromatic heterocycles. The summed E-state index contributed by atoms with van der Waals surface area (Å²) < 4.78 is 34.2. The lowest BCUT2D eigenvalue weighted by Gasteiger charge is -2.57. The van der Waals surface area contributed by atoms with Crippen LogP contribution in [0.25, 0.3) is 0 Å². The molecule has 9 atom stereocenters. The molecule has 4 fully saturated rings. The van der Waals surface area contributed by atoms with Crippen molar-refractivity contribution in [2.75, 3.05) is 20.3 Å². The Bertz CT molecular complexity index is 1100. The van der Waals surface area contributed by atoms with Crippen molar-refractivity contribution in [1.29, 1.82) is 5.26 Å². The highest BCUT2D eigenvalue weighted by molar-refractivity contribution is 7.89. The van der Waals surface area contributed by atoms with Crippen LogP contribution in [0.3, 0.4) is 0 Å². The van der Waals surface area contributed by atoms with E-state index in [1.54, 1.807) is 11.4 Å². The maximum atomic E-state index is 13.4. The highest BCUT2D eigenvalue weighted by atomic mass is 32.2. The molecule has 5 rings (SSSR count). The molecule has 1 heterocycles. The summed E-state index contributed by atoms with van der Waals surface area (Å²) in [5, 5.41) is 9.08. The summed E-state index contributed by atoms with van der Waals surface area (Å²) in [5.74, 6) is 5.28. The van der Waals surface area contributed by atoms with Gasteiger partial charge in [0.2, 0.25) is 0 Å². The molecule has 0 bridgehead atoms. The average molecular weight is 528 g/mol. The Hall–Kier alpha value is -1.49. The monoisotopic (exact) mass is 527 g/mol. The maximum Gasteiger partial charge on any atom is 0.260 e. The Balaban J connectivity index is 1.28. The zero-order valence-electron chi connectivity index (χ0n) is 23.1. The van der Waals surface area contributed by atoms with Crippen molar-refractivity contribution in [3.8, 4) is 6.07 Å². The fraction of sp³-hybridized carbons (Fsp3) is 0.800. The van der Waals surface area contributed by atoms with Crippen molar-refractivity contribution in [1.82, 2.24) is 9.29 Å². The van der Waals surface area contributed by atoms with Gasteiger partial charge in [0.25, 0.3) is 10.0 Å². The second-order valence-electron chi connectivity index (χ2n) is 12.8. The molecule has 9 unspecified atom stereocenters. The topological polar surface area (TPSA) is 83.3 Å². The van der Waals surface area contributed by atoms with Gasteiger partial charge in [-0.3, -0.25) is 0 Å². The Morgan fingerprint density at radius 3 is 2.62 bits per heavy atom. The number of nitrogens with zero attached hydrogens (tertiary/aromatic N) is 3. The molecule has 37 heavy (non-hydrogen) atoms. The zero-order valence-corrected chi connectivity index (χ0v) is 23.9. The molecule has 0 saturated heterocycles. The summed E-state index contributed by atoms with van der Waals surface area (Å²) in [5.41, 5.74) is 0.566. The van der Waals surface area contributed by atoms with E-state index in [9.17, 15) is 8.42 Å². The van der Waals surface area contributed by atoms with Crippen LogP contribution in [0.2, 0.25) is 0 Å². The Morgan fingerprint density at radius 1 is 1.14 bits per heavy atom. The molecule has 4 aliphatic carbocycles. The standard InChI is InChI=1S/C30H45N3O3S/c1-5-36-19-21-6-9-24-23(16-21)8-10-26-25(24)14-15-30(3)27(11-12-28(26)30)20(2)33(4)37(34,35)29-13-7-22(17-31)18-32-29/h7,13,18,20-21,23-28H,5-6,8-12,14-16,19H2,1-4H3. The largest absolute Gasteiger partial charge is 0.381 e. The molecule has 0 amide bonds. The number of rotatable bonds is 7. The third kappa shape index (κ3) is 4.76. The van der Waals surface area contributed by atoms with Gasteiger partial charge in [0.05, 0.1) is 5.56 Å². The molecule has 204 valence electrons. The molecule has 0 aliphatic heterocycles. The number of ether oxygens (including phenoxy) is 1. The van der Waals surface area contributed by atoms with E-state index in [0.717, 1.165) is 49.2 Å². The lowest BCUT2D eigenvalue weighted by Crippen LogP contribution is -2.51. The molecule has 4 aliphatic rings. The first-order valence-corrected chi connectivity index (χ1v) is 16.1. The fourth-order valence-electron chi connectivity index (χ4n) is 9.44. The molecule has 1 aromatic rings. The van der Waals surface area contributed by atoms with Crippen LogP contribution in [0.5, 0.6) is 0 Å². The van der Waals surface area contributed by atoms with Gasteiger partial charge in [-0.2, -0.15) is 9.57 Å². The molecule has 6 nitrogen and oxygen atoms in total. The van der Waals surface area contributed by atoms with E-state index in [1.165, 1.54) is 69.7 Å². The predicted octanol–water partition coefficient (Wildman–Crippen LogP) is 5.88. The SMILES string of the molecule is CCOCC1CCC2C(CCC3C2CCC2(C)C3CCC2C(C)N(C)S(=O)(=O)c2ccc(C#N)cn2)C1. The quantitative estimate of drug-likeness (QED) is 0.442. The van der Waals surface area contributed by atoms with Crippen LogP contribution >= 0.6 is 0 Å². The van der Waals surface area contributed by atoms with E-state index >= 15 is 0 Å². The summed E-state index contributed by atoms with van der Waals surface area (Å²) in [7, 11) is -2.00. The van der Waals surface area contributed by atoms with Crippen LogP contribution in [-0.2, 0) is 14.8 Å². The van der Waals surface area contributed by atoms with Crippen molar-refractivity contribution in [3.05, 3.63) is 23.9 Å². The van der Waals surface area contributed by atoms with Crippen LogP contribution in [0, 0.1) is 58.2 Å². The fourth-order valence-corrected chi connectivity index (χ4v) is 10.7. The van der Waals surface area contributed by atoms with Gasteiger partial charge in [-0.15, -0.1) is 0 Å². The van der Waals surface area contributed by atoms with E-state index in [0.29, 0.717) is 17.4 Å². The average Bonchev–Trinajstić information content (AvgIpc) is 3.27. The first kappa shape index (κ1) is 27.1. The molecular formula is C30H45N3O3S. The minimum Gasteiger partial charge on any atom is -0.381 e. The van der Waals surface area contributed by atoms with Crippen LogP contribution < -0.4 is 0 Å². The molecule has 4 saturated carbocycles. The van der Waals surface area contributed by atoms with E-state index < -0.39 is 10.0 Å². The van der Waals surface area contributed by atoms with Crippen molar-refractivity contribution in [3.63, 3.8) is 0 Å². The number of hydrogen-bond acceptors (Lipinski definition) is 5. The number of sulfonamides is 1. The van der Waals surface area contributed by atoms with Crippen molar-refractivity contribution in [2.24, 2.45) is 46.8 Å². The third-order valence-corrected chi connectivity index (χ3v) is 13.2. The highest BCUT2D eigenvalue weighted by Gasteiger charge is 2.58. The Morgan fingerprint density at radius 2 is 1.92 bits per heavy atom. The molecule has 7 heteroatoms. The van der Waals surface area contributed by atoms with Gasteiger partial charge in [0.15, 0.2) is 5.03 Å². The zero-order chi connectivity index (χ0) is 26.4. The van der Waals surface area contributed by atoms with Gasteiger partial charge in [-0.1, -0.05) is 6.92 Å². The summed E-state index contributed by atoms with van der Waals surface area (Å²) in [6.07, 6.45) is 13.0. The minimum atomic E-state index is -3.71. The van der Waals surface area contributed by atoms with Crippen molar-refractivity contribution < 1.29 is 13.2 Å². The normalized spacial score (nSPS) is 38.3. The Labute approximate surface area is 224 Å². The van der Waals surface area contributed by atoms with Crippen molar-refractivity contribution in [2.45, 2.75) is 89.6 Å². The number of aromatic nitrogens is 1. The van der Waals surface area contributed by atoms with Crippen molar-refractivity contribution >= 4 is 10.0 Å². The van der Waals surface area contributed by atoms with Gasteiger partial charge in [0, 0.05) is 32.5 Å². The van der Waals surface area contributed by atoms with Gasteiger partial charge in [0.1, 0.15) is 6.07 Å². The minimum absolute atomic E-state index is 0.0301. The molecule has 0 radical (unpaired) electrons. The second kappa shape index (κ2) is 10.6. The van der Waals surface area contributed by atoms with Crippen LogP contribution in [-0.4, -0.2) is 44.0 Å². The van der Waals surface area contributed by atoms with Crippen LogP contribution in [0.1, 0.15) is 84.1 Å². The molecule has 0 N–H and O–H groups in total. The lowest BCUT2D eigenvalue weighted by molar-refractivity contribution is -0.0774. The first-order chi connectivity index (χ1) is 17.7. The second-order valence-corrected chi connectivity index (χ2v) is 14.7. The molecule has 0 aromatic carbocycles. The van der Waals surface area contributed by atoms with Gasteiger partial charge in [-0.05, 0) is 131 Å². The van der Waals surface area contributed by atoms with E-state index in [1.807, 2.05) is 6.07 Å². The molecule has 0 spiro atoms. The summed E-state index contributed by atoms with van der Waals surface area (Å²) in [6, 6.07) is 4.92. The van der Waals surface area contributed by atoms with Crippen LogP contribution in [0.15, 0.2) is 23.4 Å². The number of hydrogen-bond donors (Lipinski definition) is 0. The third-order valence-electron chi connectivity index (χ3n) is 11.4. The predicted molar refractivity (Wildman–Crippen MR) is 144 cm³/mol. The van der Waals surface area contributed by atoms with Crippen LogP contribution in [0.4, 0.5) is 0 Å². The first-order valence-electron chi connectivity index (χ1n) is 14.6. The summed E-state index contributed by atoms with van der Waals surface area (Å²) in [6.45, 7) is 8.45. The Kier molecular flexibility index (Phi) is 7.75.